The summed E-state index contributed by atoms with van der Waals surface area (Å²) in [6.45, 7) is 17.6. The van der Waals surface area contributed by atoms with Crippen LogP contribution in [0.2, 0.25) is 0 Å². The molecule has 3 fully saturated rings. The summed E-state index contributed by atoms with van der Waals surface area (Å²) in [6.07, 6.45) is 46.2. The molecule has 400 valence electrons. The van der Waals surface area contributed by atoms with Crippen molar-refractivity contribution >= 4 is 17.9 Å². The van der Waals surface area contributed by atoms with Crippen molar-refractivity contribution in [2.24, 2.45) is 41.4 Å². The zero-order valence-corrected chi connectivity index (χ0v) is 46.3. The predicted octanol–water partition coefficient (Wildman–Crippen LogP) is 17.6. The van der Waals surface area contributed by atoms with Crippen LogP contribution in [0.1, 0.15) is 292 Å². The number of rotatable bonds is 48. The van der Waals surface area contributed by atoms with Gasteiger partial charge in [0, 0.05) is 31.1 Å². The molecule has 0 aliphatic heterocycles. The molecule has 7 heteroatoms. The van der Waals surface area contributed by atoms with Crippen molar-refractivity contribution in [2.75, 3.05) is 39.5 Å². The number of carbonyl (C=O) groups excluding carboxylic acids is 3. The van der Waals surface area contributed by atoms with Crippen molar-refractivity contribution in [3.63, 3.8) is 0 Å². The van der Waals surface area contributed by atoms with Crippen LogP contribution < -0.4 is 0 Å². The van der Waals surface area contributed by atoms with Gasteiger partial charge in [-0.25, -0.2) is 0 Å². The zero-order valence-electron chi connectivity index (χ0n) is 46.3. The summed E-state index contributed by atoms with van der Waals surface area (Å²) in [5.74, 6) is 1.82. The van der Waals surface area contributed by atoms with Crippen molar-refractivity contribution in [1.82, 2.24) is 4.90 Å². The molecule has 7 nitrogen and oxygen atoms in total. The lowest BCUT2D eigenvalue weighted by molar-refractivity contribution is -0.164. The van der Waals surface area contributed by atoms with Crippen LogP contribution in [0, 0.1) is 41.4 Å². The van der Waals surface area contributed by atoms with Gasteiger partial charge in [0.05, 0.1) is 19.8 Å². The SMILES string of the molecule is CCCCCCCCCC(CCCCCCCCC)CC(=O)OCC1C2CCC(C(COC(=O)CCCN(CC)CC)C2)C1COC(=O)CC(CCCCCCCCC)CCCCCCCCC. The topological polar surface area (TPSA) is 82.1 Å². The molecule has 3 aliphatic carbocycles. The molecule has 0 radical (unpaired) electrons. The standard InChI is InChI=1S/C61H115NO6/c1-7-13-17-21-25-29-33-38-52(39-34-30-26-22-18-14-8-2)46-60(64)67-50-57-54-43-44-56(55(48-54)49-66-59(63)42-37-45-62(11-5)12-6)58(57)51-68-61(65)47-53(40-35-31-27-23-19-15-9-3)41-36-32-28-24-20-16-10-4/h52-58H,7-51H2,1-6H3. The van der Waals surface area contributed by atoms with Crippen molar-refractivity contribution in [2.45, 2.75) is 292 Å². The van der Waals surface area contributed by atoms with Gasteiger partial charge in [0.2, 0.25) is 0 Å². The summed E-state index contributed by atoms with van der Waals surface area (Å²) in [5, 5.41) is 0. The van der Waals surface area contributed by atoms with Gasteiger partial charge in [0.25, 0.3) is 0 Å². The molecule has 5 unspecified atom stereocenters. The molecule has 3 aliphatic rings. The third kappa shape index (κ3) is 30.3. The quantitative estimate of drug-likeness (QED) is 0.0341. The van der Waals surface area contributed by atoms with Gasteiger partial charge < -0.3 is 19.1 Å². The van der Waals surface area contributed by atoms with Gasteiger partial charge in [0.15, 0.2) is 0 Å². The number of ether oxygens (including phenoxy) is 3. The zero-order chi connectivity index (χ0) is 49.3. The highest BCUT2D eigenvalue weighted by Crippen LogP contribution is 2.52. The van der Waals surface area contributed by atoms with E-state index in [4.69, 9.17) is 14.2 Å². The Morgan fingerprint density at radius 2 is 0.794 bits per heavy atom. The number of esters is 3. The first-order chi connectivity index (χ1) is 33.3. The maximum atomic E-state index is 13.9. The van der Waals surface area contributed by atoms with Gasteiger partial charge >= 0.3 is 17.9 Å². The Morgan fingerprint density at radius 3 is 1.19 bits per heavy atom. The van der Waals surface area contributed by atoms with E-state index in [0.29, 0.717) is 62.8 Å². The molecule has 3 rings (SSSR count). The second kappa shape index (κ2) is 43.0. The maximum absolute atomic E-state index is 13.9. The molecule has 0 aromatic rings. The van der Waals surface area contributed by atoms with E-state index in [-0.39, 0.29) is 35.7 Å². The minimum absolute atomic E-state index is 0.0353. The molecule has 0 saturated heterocycles. The second-order valence-corrected chi connectivity index (χ2v) is 22.3. The summed E-state index contributed by atoms with van der Waals surface area (Å²) in [5.41, 5.74) is 0. The van der Waals surface area contributed by atoms with Gasteiger partial charge in [-0.05, 0) is 101 Å². The van der Waals surface area contributed by atoms with Gasteiger partial charge in [-0.15, -0.1) is 0 Å². The van der Waals surface area contributed by atoms with Crippen LogP contribution in [-0.4, -0.2) is 62.3 Å². The van der Waals surface area contributed by atoms with Gasteiger partial charge in [-0.3, -0.25) is 14.4 Å². The minimum atomic E-state index is -0.0949. The number of unbranched alkanes of at least 4 members (excludes halogenated alkanes) is 24. The summed E-state index contributed by atoms with van der Waals surface area (Å²) >= 11 is 0. The van der Waals surface area contributed by atoms with Crippen LogP contribution in [0.3, 0.4) is 0 Å². The van der Waals surface area contributed by atoms with Gasteiger partial charge in [0.1, 0.15) is 0 Å². The van der Waals surface area contributed by atoms with Gasteiger partial charge in [-0.2, -0.15) is 0 Å². The molecule has 0 heterocycles. The van der Waals surface area contributed by atoms with E-state index in [0.717, 1.165) is 71.0 Å². The summed E-state index contributed by atoms with van der Waals surface area (Å²) in [6, 6.07) is 0. The van der Waals surface area contributed by atoms with Crippen molar-refractivity contribution in [1.29, 1.82) is 0 Å². The summed E-state index contributed by atoms with van der Waals surface area (Å²) < 4.78 is 18.7. The van der Waals surface area contributed by atoms with Crippen LogP contribution in [0.15, 0.2) is 0 Å². The molecule has 3 saturated carbocycles. The fourth-order valence-corrected chi connectivity index (χ4v) is 12.1. The van der Waals surface area contributed by atoms with Crippen LogP contribution >= 0.6 is 0 Å². The first-order valence-electron chi connectivity index (χ1n) is 30.5. The Kier molecular flexibility index (Phi) is 39.5. The first kappa shape index (κ1) is 62.5. The van der Waals surface area contributed by atoms with E-state index in [2.05, 4.69) is 46.4 Å². The summed E-state index contributed by atoms with van der Waals surface area (Å²) in [4.78, 5) is 43.0. The highest BCUT2D eigenvalue weighted by atomic mass is 16.5. The van der Waals surface area contributed by atoms with E-state index in [1.807, 2.05) is 0 Å². The highest BCUT2D eigenvalue weighted by Gasteiger charge is 2.49. The molecule has 0 spiro atoms. The molecule has 0 N–H and O–H groups in total. The average Bonchev–Trinajstić information content (AvgIpc) is 3.34. The number of hydrogen-bond acceptors (Lipinski definition) is 7. The molecule has 0 aromatic heterocycles. The Bertz CT molecular complexity index is 1150. The largest absolute Gasteiger partial charge is 0.465 e. The lowest BCUT2D eigenvalue weighted by Crippen LogP contribution is -2.50. The lowest BCUT2D eigenvalue weighted by atomic mass is 9.55. The third-order valence-corrected chi connectivity index (χ3v) is 16.6. The van der Waals surface area contributed by atoms with Crippen LogP contribution in [0.25, 0.3) is 0 Å². The molecule has 0 amide bonds. The Morgan fingerprint density at radius 1 is 0.426 bits per heavy atom. The maximum Gasteiger partial charge on any atom is 0.306 e. The van der Waals surface area contributed by atoms with E-state index in [9.17, 15) is 14.4 Å². The Hall–Kier alpha value is -1.63. The van der Waals surface area contributed by atoms with E-state index in [1.165, 1.54) is 180 Å². The van der Waals surface area contributed by atoms with Crippen LogP contribution in [0.4, 0.5) is 0 Å². The van der Waals surface area contributed by atoms with Crippen molar-refractivity contribution in [3.05, 3.63) is 0 Å². The van der Waals surface area contributed by atoms with Crippen LogP contribution in [0.5, 0.6) is 0 Å². The predicted molar refractivity (Wildman–Crippen MR) is 288 cm³/mol. The molecule has 68 heavy (non-hydrogen) atoms. The Balaban J connectivity index is 2.11. The number of fused-ring (bicyclic) bond motifs is 3. The average molecular weight is 959 g/mol. The van der Waals surface area contributed by atoms with Gasteiger partial charge in [-0.1, -0.05) is 221 Å². The van der Waals surface area contributed by atoms with Crippen molar-refractivity contribution < 1.29 is 28.6 Å². The third-order valence-electron chi connectivity index (χ3n) is 16.6. The Labute approximate surface area is 422 Å². The number of hydrogen-bond donors (Lipinski definition) is 0. The molecular weight excluding hydrogens is 843 g/mol. The second-order valence-electron chi connectivity index (χ2n) is 22.3. The minimum Gasteiger partial charge on any atom is -0.465 e. The number of nitrogens with zero attached hydrogens (tertiary/aromatic N) is 1. The molecule has 5 atom stereocenters. The fraction of sp³-hybridized carbons (Fsp3) is 0.951. The monoisotopic (exact) mass is 958 g/mol. The molecule has 2 bridgehead atoms. The van der Waals surface area contributed by atoms with Crippen LogP contribution in [-0.2, 0) is 28.6 Å². The van der Waals surface area contributed by atoms with Crippen molar-refractivity contribution in [3.8, 4) is 0 Å². The normalized spacial score (nSPS) is 19.1. The van der Waals surface area contributed by atoms with E-state index in [1.54, 1.807) is 0 Å². The lowest BCUT2D eigenvalue weighted by Gasteiger charge is -2.52. The highest BCUT2D eigenvalue weighted by molar-refractivity contribution is 5.70. The molecule has 0 aromatic carbocycles. The van der Waals surface area contributed by atoms with E-state index < -0.39 is 0 Å². The fourth-order valence-electron chi connectivity index (χ4n) is 12.1. The smallest absolute Gasteiger partial charge is 0.306 e. The number of carbonyl (C=O) groups is 3. The summed E-state index contributed by atoms with van der Waals surface area (Å²) in [7, 11) is 0. The first-order valence-corrected chi connectivity index (χ1v) is 30.5. The molecular formula is C61H115NO6. The van der Waals surface area contributed by atoms with E-state index >= 15 is 0 Å².